The number of rotatable bonds is 4. The molecule has 0 aliphatic rings. The first-order valence-electron chi connectivity index (χ1n) is 5.62. The SMILES string of the molecule is CSc1nc(Cl)cc(N(C)Cc2cccc(F)c2)n1. The van der Waals surface area contributed by atoms with Crippen LogP contribution in [-0.2, 0) is 6.54 Å². The maximum atomic E-state index is 13.1. The summed E-state index contributed by atoms with van der Waals surface area (Å²) in [6.07, 6.45) is 1.89. The molecule has 0 saturated carbocycles. The zero-order valence-electron chi connectivity index (χ0n) is 10.6. The van der Waals surface area contributed by atoms with Crippen LogP contribution in [0.25, 0.3) is 0 Å². The molecule has 0 amide bonds. The topological polar surface area (TPSA) is 29.0 Å². The third kappa shape index (κ3) is 3.81. The van der Waals surface area contributed by atoms with Gasteiger partial charge in [0.15, 0.2) is 5.16 Å². The molecule has 1 heterocycles. The van der Waals surface area contributed by atoms with E-state index < -0.39 is 0 Å². The molecule has 0 unspecified atom stereocenters. The lowest BCUT2D eigenvalue weighted by Crippen LogP contribution is -2.18. The molecule has 0 radical (unpaired) electrons. The lowest BCUT2D eigenvalue weighted by molar-refractivity contribution is 0.625. The maximum Gasteiger partial charge on any atom is 0.190 e. The summed E-state index contributed by atoms with van der Waals surface area (Å²) in [5.41, 5.74) is 0.878. The molecule has 100 valence electrons. The van der Waals surface area contributed by atoms with Crippen molar-refractivity contribution < 1.29 is 4.39 Å². The van der Waals surface area contributed by atoms with Gasteiger partial charge in [-0.2, -0.15) is 0 Å². The fraction of sp³-hybridized carbons (Fsp3) is 0.231. The molecule has 1 aromatic heterocycles. The summed E-state index contributed by atoms with van der Waals surface area (Å²) in [6, 6.07) is 8.20. The Labute approximate surface area is 120 Å². The normalized spacial score (nSPS) is 10.5. The van der Waals surface area contributed by atoms with E-state index in [1.54, 1.807) is 12.1 Å². The summed E-state index contributed by atoms with van der Waals surface area (Å²) in [7, 11) is 1.88. The van der Waals surface area contributed by atoms with Crippen LogP contribution in [0.4, 0.5) is 10.2 Å². The lowest BCUT2D eigenvalue weighted by Gasteiger charge is -2.18. The molecule has 6 heteroatoms. The van der Waals surface area contributed by atoms with Crippen LogP contribution in [0.2, 0.25) is 5.15 Å². The quantitative estimate of drug-likeness (QED) is 0.489. The first kappa shape index (κ1) is 14.1. The zero-order valence-corrected chi connectivity index (χ0v) is 12.2. The predicted molar refractivity (Wildman–Crippen MR) is 77.3 cm³/mol. The number of hydrogen-bond acceptors (Lipinski definition) is 4. The highest BCUT2D eigenvalue weighted by Gasteiger charge is 2.08. The smallest absolute Gasteiger partial charge is 0.190 e. The van der Waals surface area contributed by atoms with Crippen molar-refractivity contribution in [1.82, 2.24) is 9.97 Å². The summed E-state index contributed by atoms with van der Waals surface area (Å²) in [5, 5.41) is 1.02. The minimum Gasteiger partial charge on any atom is -0.355 e. The van der Waals surface area contributed by atoms with Gasteiger partial charge in [0, 0.05) is 19.7 Å². The van der Waals surface area contributed by atoms with Crippen molar-refractivity contribution in [3.05, 3.63) is 46.9 Å². The summed E-state index contributed by atoms with van der Waals surface area (Å²) < 4.78 is 13.1. The molecule has 19 heavy (non-hydrogen) atoms. The lowest BCUT2D eigenvalue weighted by atomic mass is 10.2. The van der Waals surface area contributed by atoms with Gasteiger partial charge in [-0.3, -0.25) is 0 Å². The van der Waals surface area contributed by atoms with E-state index in [4.69, 9.17) is 11.6 Å². The molecule has 0 spiro atoms. The highest BCUT2D eigenvalue weighted by molar-refractivity contribution is 7.98. The Bertz CT molecular complexity index is 580. The molecule has 0 aliphatic heterocycles. The monoisotopic (exact) mass is 297 g/mol. The van der Waals surface area contributed by atoms with Crippen LogP contribution < -0.4 is 4.90 Å². The molecule has 0 aliphatic carbocycles. The van der Waals surface area contributed by atoms with Gasteiger partial charge in [-0.25, -0.2) is 14.4 Å². The van der Waals surface area contributed by atoms with E-state index >= 15 is 0 Å². The van der Waals surface area contributed by atoms with Gasteiger partial charge in [-0.05, 0) is 24.0 Å². The van der Waals surface area contributed by atoms with Crippen molar-refractivity contribution in [2.75, 3.05) is 18.2 Å². The molecule has 0 saturated heterocycles. The third-order valence-corrected chi connectivity index (χ3v) is 3.28. The summed E-state index contributed by atoms with van der Waals surface area (Å²) >= 11 is 7.38. The second kappa shape index (κ2) is 6.21. The van der Waals surface area contributed by atoms with Crippen molar-refractivity contribution in [2.24, 2.45) is 0 Å². The van der Waals surface area contributed by atoms with Crippen molar-refractivity contribution in [1.29, 1.82) is 0 Å². The van der Waals surface area contributed by atoms with Gasteiger partial charge in [0.05, 0.1) is 0 Å². The Morgan fingerprint density at radius 3 is 2.79 bits per heavy atom. The van der Waals surface area contributed by atoms with Crippen molar-refractivity contribution in [3.8, 4) is 0 Å². The Morgan fingerprint density at radius 2 is 2.11 bits per heavy atom. The van der Waals surface area contributed by atoms with E-state index in [-0.39, 0.29) is 5.82 Å². The Balaban J connectivity index is 2.20. The first-order chi connectivity index (χ1) is 9.08. The van der Waals surface area contributed by atoms with Gasteiger partial charge >= 0.3 is 0 Å². The molecular weight excluding hydrogens is 285 g/mol. The Kier molecular flexibility index (Phi) is 4.61. The van der Waals surface area contributed by atoms with Gasteiger partial charge in [-0.1, -0.05) is 35.5 Å². The van der Waals surface area contributed by atoms with Gasteiger partial charge in [0.1, 0.15) is 16.8 Å². The van der Waals surface area contributed by atoms with Crippen molar-refractivity contribution in [3.63, 3.8) is 0 Å². The van der Waals surface area contributed by atoms with E-state index in [0.29, 0.717) is 22.7 Å². The minimum absolute atomic E-state index is 0.239. The fourth-order valence-electron chi connectivity index (χ4n) is 1.66. The molecule has 2 rings (SSSR count). The average molecular weight is 298 g/mol. The summed E-state index contributed by atoms with van der Waals surface area (Å²) in [6.45, 7) is 0.554. The standard InChI is InChI=1S/C13H13ClFN3S/c1-18(8-9-4-3-5-10(15)6-9)12-7-11(14)16-13(17-12)19-2/h3-7H,8H2,1-2H3. The van der Waals surface area contributed by atoms with E-state index in [1.165, 1.54) is 23.9 Å². The minimum atomic E-state index is -0.239. The number of hydrogen-bond donors (Lipinski definition) is 0. The number of nitrogens with zero attached hydrogens (tertiary/aromatic N) is 3. The molecular formula is C13H13ClFN3S. The molecule has 0 atom stereocenters. The Hall–Kier alpha value is -1.33. The summed E-state index contributed by atoms with van der Waals surface area (Å²) in [5.74, 6) is 0.477. The van der Waals surface area contributed by atoms with Crippen molar-refractivity contribution >= 4 is 29.2 Å². The van der Waals surface area contributed by atoms with Crippen LogP contribution in [-0.4, -0.2) is 23.3 Å². The second-order valence-corrected chi connectivity index (χ2v) is 5.18. The van der Waals surface area contributed by atoms with E-state index in [1.807, 2.05) is 24.3 Å². The predicted octanol–water partition coefficient (Wildman–Crippen LogP) is 3.63. The molecule has 2 aromatic rings. The number of benzene rings is 1. The fourth-order valence-corrected chi connectivity index (χ4v) is 2.26. The van der Waals surface area contributed by atoms with Gasteiger partial charge in [0.25, 0.3) is 0 Å². The van der Waals surface area contributed by atoms with Crippen molar-refractivity contribution in [2.45, 2.75) is 11.7 Å². The number of aromatic nitrogens is 2. The van der Waals surface area contributed by atoms with Gasteiger partial charge in [-0.15, -0.1) is 0 Å². The number of thioether (sulfide) groups is 1. The van der Waals surface area contributed by atoms with Crippen LogP contribution in [0.3, 0.4) is 0 Å². The number of anilines is 1. The van der Waals surface area contributed by atoms with Crippen LogP contribution in [0.5, 0.6) is 0 Å². The summed E-state index contributed by atoms with van der Waals surface area (Å²) in [4.78, 5) is 10.4. The maximum absolute atomic E-state index is 13.1. The van der Waals surface area contributed by atoms with Crippen LogP contribution in [0.15, 0.2) is 35.5 Å². The van der Waals surface area contributed by atoms with Gasteiger partial charge < -0.3 is 4.90 Å². The average Bonchev–Trinajstić information content (AvgIpc) is 2.38. The van der Waals surface area contributed by atoms with Gasteiger partial charge in [0.2, 0.25) is 0 Å². The third-order valence-electron chi connectivity index (χ3n) is 2.54. The first-order valence-corrected chi connectivity index (χ1v) is 7.23. The largest absolute Gasteiger partial charge is 0.355 e. The van der Waals surface area contributed by atoms with Crippen LogP contribution in [0, 0.1) is 5.82 Å². The van der Waals surface area contributed by atoms with E-state index in [2.05, 4.69) is 9.97 Å². The van der Waals surface area contributed by atoms with E-state index in [9.17, 15) is 4.39 Å². The zero-order chi connectivity index (χ0) is 13.8. The molecule has 1 aromatic carbocycles. The van der Waals surface area contributed by atoms with Crippen LogP contribution in [0.1, 0.15) is 5.56 Å². The highest BCUT2D eigenvalue weighted by Crippen LogP contribution is 2.20. The molecule has 0 bridgehead atoms. The molecule has 0 N–H and O–H groups in total. The molecule has 0 fully saturated rings. The second-order valence-electron chi connectivity index (χ2n) is 4.02. The van der Waals surface area contributed by atoms with E-state index in [0.717, 1.165) is 5.56 Å². The Morgan fingerprint density at radius 1 is 1.32 bits per heavy atom. The molecule has 3 nitrogen and oxygen atoms in total. The van der Waals surface area contributed by atoms with Crippen LogP contribution >= 0.6 is 23.4 Å². The number of halogens is 2. The highest BCUT2D eigenvalue weighted by atomic mass is 35.5.